The third kappa shape index (κ3) is 5.51. The maximum absolute atomic E-state index is 13.6. The van der Waals surface area contributed by atoms with Crippen LogP contribution in [0.4, 0.5) is 16.0 Å². The van der Waals surface area contributed by atoms with Crippen molar-refractivity contribution in [3.05, 3.63) is 65.6 Å². The molecule has 0 aromatic carbocycles. The number of carbonyl (C=O) groups is 1. The third-order valence-electron chi connectivity index (χ3n) is 7.90. The summed E-state index contributed by atoms with van der Waals surface area (Å²) in [6.45, 7) is 4.74. The van der Waals surface area contributed by atoms with Crippen molar-refractivity contribution in [3.63, 3.8) is 0 Å². The quantitative estimate of drug-likeness (QED) is 0.280. The van der Waals surface area contributed by atoms with E-state index in [4.69, 9.17) is 19.2 Å². The number of rotatable bonds is 8. The van der Waals surface area contributed by atoms with Gasteiger partial charge < -0.3 is 24.8 Å². The van der Waals surface area contributed by atoms with Gasteiger partial charge in [0, 0.05) is 37.1 Å². The van der Waals surface area contributed by atoms with Crippen LogP contribution in [-0.4, -0.2) is 61.8 Å². The minimum absolute atomic E-state index is 0.0560. The van der Waals surface area contributed by atoms with Crippen molar-refractivity contribution in [2.24, 2.45) is 0 Å². The fraction of sp³-hybridized carbons (Fsp3) is 0.414. The Kier molecular flexibility index (Phi) is 7.50. The van der Waals surface area contributed by atoms with Gasteiger partial charge in [0.2, 0.25) is 0 Å². The molecule has 0 saturated heterocycles. The van der Waals surface area contributed by atoms with Gasteiger partial charge in [0.05, 0.1) is 24.1 Å². The highest BCUT2D eigenvalue weighted by Gasteiger charge is 2.44. The maximum atomic E-state index is 13.6. The van der Waals surface area contributed by atoms with E-state index in [1.807, 2.05) is 32.0 Å². The number of anilines is 2. The highest BCUT2D eigenvalue weighted by atomic mass is 19.1. The lowest BCUT2D eigenvalue weighted by Gasteiger charge is -2.38. The first kappa shape index (κ1) is 27.6. The lowest BCUT2D eigenvalue weighted by atomic mass is 9.76. The first-order chi connectivity index (χ1) is 20.3. The zero-order chi connectivity index (χ0) is 29.3. The molecule has 1 fully saturated rings. The maximum Gasteiger partial charge on any atom is 0.252 e. The summed E-state index contributed by atoms with van der Waals surface area (Å²) in [5, 5.41) is 17.4. The lowest BCUT2D eigenvalue weighted by molar-refractivity contribution is -0.148. The molecule has 2 aliphatic rings. The Labute approximate surface area is 242 Å². The molecule has 5 heterocycles. The number of aryl methyl sites for hydroxylation is 1. The average Bonchev–Trinajstić information content (AvgIpc) is 3.64. The molecule has 3 N–H and O–H groups in total. The van der Waals surface area contributed by atoms with E-state index in [-0.39, 0.29) is 17.9 Å². The highest BCUT2D eigenvalue weighted by molar-refractivity contribution is 5.85. The van der Waals surface area contributed by atoms with E-state index in [0.717, 1.165) is 23.1 Å². The van der Waals surface area contributed by atoms with Gasteiger partial charge in [-0.05, 0) is 51.2 Å². The van der Waals surface area contributed by atoms with Crippen molar-refractivity contribution in [1.82, 2.24) is 35.3 Å². The Balaban J connectivity index is 1.14. The average molecular weight is 577 g/mol. The zero-order valence-corrected chi connectivity index (χ0v) is 23.7. The van der Waals surface area contributed by atoms with Crippen LogP contribution in [0.5, 0.6) is 11.5 Å². The SMILES string of the molecule is CO[C@]1(C(=O)N[C@@H](C)c2ccc(-n3cc(F)cn3)nc2)CC[C@H](c2nc(Nc3cc(C)[nH]n3)cc3c2OCCO3)CC1. The molecular formula is C29H33FN8O4. The normalized spacial score (nSPS) is 20.6. The van der Waals surface area contributed by atoms with Crippen LogP contribution in [0.2, 0.25) is 0 Å². The van der Waals surface area contributed by atoms with Gasteiger partial charge in [0.15, 0.2) is 29.0 Å². The number of ether oxygens (including phenoxy) is 3. The van der Waals surface area contributed by atoms with Gasteiger partial charge >= 0.3 is 0 Å². The van der Waals surface area contributed by atoms with Gasteiger partial charge in [0.25, 0.3) is 5.91 Å². The zero-order valence-electron chi connectivity index (χ0n) is 23.7. The summed E-state index contributed by atoms with van der Waals surface area (Å²) in [5.41, 5.74) is 1.59. The molecule has 0 spiro atoms. The molecule has 1 aliphatic heterocycles. The standard InChI is InChI=1S/C29H33FN8O4/c1-17-12-24(37-36-17)34-23-13-22-27(42-11-10-41-22)26(35-23)19-6-8-29(40-3,9-7-19)28(39)33-18(2)20-4-5-25(31-14-20)38-16-21(30)15-32-38/h4-5,12-16,18-19H,6-11H2,1-3H3,(H,33,39)(H2,34,35,36,37)/t18-,19-,29+/m0/s1. The number of methoxy groups -OCH3 is 1. The van der Waals surface area contributed by atoms with Crippen LogP contribution in [0.3, 0.4) is 0 Å². The Morgan fingerprint density at radius 3 is 2.67 bits per heavy atom. The first-order valence-electron chi connectivity index (χ1n) is 14.0. The van der Waals surface area contributed by atoms with Gasteiger partial charge in [-0.25, -0.2) is 19.0 Å². The minimum atomic E-state index is -0.968. The number of nitrogens with one attached hydrogen (secondary N) is 3. The van der Waals surface area contributed by atoms with Crippen molar-refractivity contribution in [3.8, 4) is 17.3 Å². The molecule has 13 heteroatoms. The summed E-state index contributed by atoms with van der Waals surface area (Å²) >= 11 is 0. The van der Waals surface area contributed by atoms with E-state index >= 15 is 0 Å². The van der Waals surface area contributed by atoms with Crippen LogP contribution in [0, 0.1) is 12.7 Å². The van der Waals surface area contributed by atoms with Crippen LogP contribution in [0.25, 0.3) is 5.82 Å². The number of hydrogen-bond acceptors (Lipinski definition) is 9. The van der Waals surface area contributed by atoms with Crippen molar-refractivity contribution in [1.29, 1.82) is 0 Å². The monoisotopic (exact) mass is 576 g/mol. The molecule has 6 rings (SSSR count). The predicted octanol–water partition coefficient (Wildman–Crippen LogP) is 4.27. The summed E-state index contributed by atoms with van der Waals surface area (Å²) in [5.74, 6) is 2.51. The topological polar surface area (TPSA) is 141 Å². The summed E-state index contributed by atoms with van der Waals surface area (Å²) in [4.78, 5) is 22.8. The second-order valence-electron chi connectivity index (χ2n) is 10.7. The number of nitrogens with zero attached hydrogens (tertiary/aromatic N) is 5. The van der Waals surface area contributed by atoms with Crippen LogP contribution in [-0.2, 0) is 9.53 Å². The van der Waals surface area contributed by atoms with Crippen LogP contribution >= 0.6 is 0 Å². The first-order valence-corrected chi connectivity index (χ1v) is 14.0. The molecule has 1 aliphatic carbocycles. The number of halogens is 1. The molecule has 12 nitrogen and oxygen atoms in total. The number of carbonyl (C=O) groups excluding carboxylic acids is 1. The van der Waals surface area contributed by atoms with Crippen LogP contribution in [0.1, 0.15) is 61.5 Å². The molecule has 42 heavy (non-hydrogen) atoms. The van der Waals surface area contributed by atoms with Gasteiger partial charge in [-0.1, -0.05) is 6.07 Å². The second-order valence-corrected chi connectivity index (χ2v) is 10.7. The minimum Gasteiger partial charge on any atom is -0.486 e. The number of aromatic amines is 1. The van der Waals surface area contributed by atoms with Crippen molar-refractivity contribution in [2.75, 3.05) is 25.6 Å². The lowest BCUT2D eigenvalue weighted by Crippen LogP contribution is -2.50. The summed E-state index contributed by atoms with van der Waals surface area (Å²) in [6, 6.07) is 6.98. The van der Waals surface area contributed by atoms with Gasteiger partial charge in [0.1, 0.15) is 24.6 Å². The molecule has 0 bridgehead atoms. The fourth-order valence-corrected chi connectivity index (χ4v) is 5.54. The van der Waals surface area contributed by atoms with Crippen LogP contribution < -0.4 is 20.1 Å². The summed E-state index contributed by atoms with van der Waals surface area (Å²) < 4.78 is 32.5. The number of H-pyrrole nitrogens is 1. The molecule has 1 amide bonds. The van der Waals surface area contributed by atoms with E-state index in [0.29, 0.717) is 67.8 Å². The van der Waals surface area contributed by atoms with E-state index in [1.54, 1.807) is 19.4 Å². The highest BCUT2D eigenvalue weighted by Crippen LogP contribution is 2.46. The fourth-order valence-electron chi connectivity index (χ4n) is 5.54. The molecular weight excluding hydrogens is 543 g/mol. The Hall–Kier alpha value is -4.52. The molecule has 0 radical (unpaired) electrons. The molecule has 4 aromatic heterocycles. The van der Waals surface area contributed by atoms with Crippen molar-refractivity contribution in [2.45, 2.75) is 57.1 Å². The number of pyridine rings is 2. The predicted molar refractivity (Wildman–Crippen MR) is 151 cm³/mol. The molecule has 0 unspecified atom stereocenters. The molecule has 1 saturated carbocycles. The largest absolute Gasteiger partial charge is 0.486 e. The third-order valence-corrected chi connectivity index (χ3v) is 7.90. The summed E-state index contributed by atoms with van der Waals surface area (Å²) in [7, 11) is 1.58. The van der Waals surface area contributed by atoms with E-state index in [2.05, 4.69) is 30.9 Å². The molecule has 1 atom stereocenters. The van der Waals surface area contributed by atoms with Gasteiger partial charge in [-0.3, -0.25) is 9.89 Å². The molecule has 220 valence electrons. The van der Waals surface area contributed by atoms with Crippen molar-refractivity contribution < 1.29 is 23.4 Å². The van der Waals surface area contributed by atoms with Crippen molar-refractivity contribution >= 4 is 17.5 Å². The second kappa shape index (κ2) is 11.4. The number of fused-ring (bicyclic) bond motifs is 1. The van der Waals surface area contributed by atoms with E-state index in [1.165, 1.54) is 10.9 Å². The summed E-state index contributed by atoms with van der Waals surface area (Å²) in [6.07, 6.45) is 6.42. The smallest absolute Gasteiger partial charge is 0.252 e. The number of aromatic nitrogens is 6. The van der Waals surface area contributed by atoms with Gasteiger partial charge in [-0.2, -0.15) is 10.2 Å². The number of amides is 1. The number of hydrogen-bond donors (Lipinski definition) is 3. The Morgan fingerprint density at radius 1 is 1.19 bits per heavy atom. The Morgan fingerprint density at radius 2 is 2.00 bits per heavy atom. The Bertz CT molecular complexity index is 1560. The molecule has 4 aromatic rings. The van der Waals surface area contributed by atoms with E-state index < -0.39 is 11.4 Å². The van der Waals surface area contributed by atoms with Crippen LogP contribution in [0.15, 0.2) is 42.9 Å². The van der Waals surface area contributed by atoms with E-state index in [9.17, 15) is 9.18 Å². The van der Waals surface area contributed by atoms with Gasteiger partial charge in [-0.15, -0.1) is 0 Å².